The summed E-state index contributed by atoms with van der Waals surface area (Å²) in [6, 6.07) is 16.4. The molecule has 0 unspecified atom stereocenters. The third-order valence-corrected chi connectivity index (χ3v) is 5.57. The lowest BCUT2D eigenvalue weighted by Gasteiger charge is -2.05. The van der Waals surface area contributed by atoms with Gasteiger partial charge in [0.2, 0.25) is 0 Å². The molecule has 2 N–H and O–H groups in total. The first kappa shape index (κ1) is 17.7. The lowest BCUT2D eigenvalue weighted by atomic mass is 10.2. The van der Waals surface area contributed by atoms with Crippen LogP contribution < -0.4 is 5.32 Å². The van der Waals surface area contributed by atoms with Gasteiger partial charge in [0.15, 0.2) is 0 Å². The molecule has 4 rings (SSSR count). The molecule has 0 atom stereocenters. The number of thiophene rings is 1. The first-order chi connectivity index (χ1) is 13.0. The fourth-order valence-electron chi connectivity index (χ4n) is 2.86. The van der Waals surface area contributed by atoms with Crippen LogP contribution in [-0.2, 0) is 6.61 Å². The quantitative estimate of drug-likeness (QED) is 0.520. The second-order valence-electron chi connectivity index (χ2n) is 6.12. The molecule has 27 heavy (non-hydrogen) atoms. The van der Waals surface area contributed by atoms with Crippen molar-refractivity contribution in [3.8, 4) is 5.69 Å². The molecule has 0 radical (unpaired) electrons. The summed E-state index contributed by atoms with van der Waals surface area (Å²) in [5.74, 6) is -0.187. The Morgan fingerprint density at radius 2 is 2.00 bits per heavy atom. The fraction of sp³-hybridized carbons (Fsp3) is 0.100. The summed E-state index contributed by atoms with van der Waals surface area (Å²) in [6.07, 6.45) is 0. The number of aliphatic hydroxyl groups excluding tert-OH is 1. The minimum absolute atomic E-state index is 0.0667. The van der Waals surface area contributed by atoms with Crippen molar-refractivity contribution < 1.29 is 9.90 Å². The second kappa shape index (κ2) is 7.15. The number of nitrogens with zero attached hydrogens (tertiary/aromatic N) is 2. The first-order valence-electron chi connectivity index (χ1n) is 8.31. The van der Waals surface area contributed by atoms with Crippen LogP contribution in [-0.4, -0.2) is 20.8 Å². The normalized spacial score (nSPS) is 11.1. The highest BCUT2D eigenvalue weighted by Crippen LogP contribution is 2.31. The molecule has 2 aromatic carbocycles. The van der Waals surface area contributed by atoms with Gasteiger partial charge in [-0.1, -0.05) is 23.7 Å². The standard InChI is InChI=1S/C20H16ClN3O2S/c1-12-17-10-18(19(26)22-15-4-2-3-13(9-15)11-25)27-20(17)24(23-12)16-7-5-14(21)6-8-16/h2-10,25H,11H2,1H3,(H,22,26). The van der Waals surface area contributed by atoms with Crippen LogP contribution in [0.25, 0.3) is 15.9 Å². The zero-order chi connectivity index (χ0) is 19.0. The largest absolute Gasteiger partial charge is 0.392 e. The van der Waals surface area contributed by atoms with Gasteiger partial charge < -0.3 is 10.4 Å². The molecule has 2 aromatic heterocycles. The van der Waals surface area contributed by atoms with Crippen molar-refractivity contribution in [3.63, 3.8) is 0 Å². The summed E-state index contributed by atoms with van der Waals surface area (Å²) in [5.41, 5.74) is 3.15. The summed E-state index contributed by atoms with van der Waals surface area (Å²) >= 11 is 7.36. The van der Waals surface area contributed by atoms with Crippen LogP contribution in [0.4, 0.5) is 5.69 Å². The maximum atomic E-state index is 12.7. The van der Waals surface area contributed by atoms with Crippen LogP contribution in [0.5, 0.6) is 0 Å². The van der Waals surface area contributed by atoms with Gasteiger partial charge in [-0.25, -0.2) is 4.68 Å². The highest BCUT2D eigenvalue weighted by molar-refractivity contribution is 7.20. The van der Waals surface area contributed by atoms with Crippen LogP contribution >= 0.6 is 22.9 Å². The SMILES string of the molecule is Cc1nn(-c2ccc(Cl)cc2)c2sc(C(=O)Nc3cccc(CO)c3)cc12. The number of aryl methyl sites for hydroxylation is 1. The Labute approximate surface area is 164 Å². The molecule has 0 aliphatic carbocycles. The minimum atomic E-state index is -0.187. The zero-order valence-electron chi connectivity index (χ0n) is 14.4. The third-order valence-electron chi connectivity index (χ3n) is 4.21. The number of rotatable bonds is 4. The fourth-order valence-corrected chi connectivity index (χ4v) is 4.06. The lowest BCUT2D eigenvalue weighted by Crippen LogP contribution is -2.10. The smallest absolute Gasteiger partial charge is 0.265 e. The number of hydrogen-bond acceptors (Lipinski definition) is 4. The molecule has 0 aliphatic rings. The Hall–Kier alpha value is -2.67. The van der Waals surface area contributed by atoms with Gasteiger partial charge in [0.25, 0.3) is 5.91 Å². The van der Waals surface area contributed by atoms with Gasteiger partial charge >= 0.3 is 0 Å². The summed E-state index contributed by atoms with van der Waals surface area (Å²) in [6.45, 7) is 1.86. The Bertz CT molecular complexity index is 1130. The number of aromatic nitrogens is 2. The van der Waals surface area contributed by atoms with Crippen LogP contribution in [0.2, 0.25) is 5.02 Å². The topological polar surface area (TPSA) is 67.2 Å². The second-order valence-corrected chi connectivity index (χ2v) is 7.58. The van der Waals surface area contributed by atoms with Gasteiger partial charge in [0.1, 0.15) is 4.83 Å². The number of halogens is 1. The summed E-state index contributed by atoms with van der Waals surface area (Å²) in [5, 5.41) is 18.3. The minimum Gasteiger partial charge on any atom is -0.392 e. The van der Waals surface area contributed by atoms with Gasteiger partial charge in [-0.15, -0.1) is 11.3 Å². The highest BCUT2D eigenvalue weighted by atomic mass is 35.5. The van der Waals surface area contributed by atoms with Gasteiger partial charge in [-0.3, -0.25) is 4.79 Å². The van der Waals surface area contributed by atoms with E-state index in [4.69, 9.17) is 11.6 Å². The average molecular weight is 398 g/mol. The molecule has 0 bridgehead atoms. The van der Waals surface area contributed by atoms with Crippen LogP contribution in [0.15, 0.2) is 54.6 Å². The van der Waals surface area contributed by atoms with Crippen molar-refractivity contribution in [1.29, 1.82) is 0 Å². The molecule has 1 amide bonds. The van der Waals surface area contributed by atoms with E-state index >= 15 is 0 Å². The number of fused-ring (bicyclic) bond motifs is 1. The van der Waals surface area contributed by atoms with Crippen molar-refractivity contribution in [3.05, 3.63) is 75.8 Å². The zero-order valence-corrected chi connectivity index (χ0v) is 16.0. The molecule has 0 saturated heterocycles. The maximum absolute atomic E-state index is 12.7. The predicted molar refractivity (Wildman–Crippen MR) is 109 cm³/mol. The number of aliphatic hydroxyl groups is 1. The van der Waals surface area contributed by atoms with Crippen molar-refractivity contribution >= 4 is 44.7 Å². The Kier molecular flexibility index (Phi) is 4.70. The van der Waals surface area contributed by atoms with Crippen molar-refractivity contribution in [1.82, 2.24) is 9.78 Å². The van der Waals surface area contributed by atoms with Crippen LogP contribution in [0, 0.1) is 6.92 Å². The molecule has 136 valence electrons. The van der Waals surface area contributed by atoms with E-state index in [2.05, 4.69) is 10.4 Å². The van der Waals surface area contributed by atoms with E-state index in [-0.39, 0.29) is 12.5 Å². The predicted octanol–water partition coefficient (Wildman–Crippen LogP) is 4.79. The number of carbonyl (C=O) groups excluding carboxylic acids is 1. The number of nitrogens with one attached hydrogen (secondary N) is 1. The van der Waals surface area contributed by atoms with E-state index in [9.17, 15) is 9.90 Å². The van der Waals surface area contributed by atoms with Gasteiger partial charge in [0.05, 0.1) is 22.9 Å². The first-order valence-corrected chi connectivity index (χ1v) is 9.51. The van der Waals surface area contributed by atoms with E-state index < -0.39 is 0 Å². The Morgan fingerprint density at radius 3 is 2.74 bits per heavy atom. The molecule has 2 heterocycles. The molecule has 0 fully saturated rings. The number of hydrogen-bond donors (Lipinski definition) is 2. The molecular formula is C20H16ClN3O2S. The average Bonchev–Trinajstić information content (AvgIpc) is 3.24. The summed E-state index contributed by atoms with van der Waals surface area (Å²) < 4.78 is 1.83. The van der Waals surface area contributed by atoms with Crippen LogP contribution in [0.1, 0.15) is 20.9 Å². The van der Waals surface area contributed by atoms with Crippen molar-refractivity contribution in [2.24, 2.45) is 0 Å². The molecule has 5 nitrogen and oxygen atoms in total. The number of anilines is 1. The van der Waals surface area contributed by atoms with Gasteiger partial charge in [-0.2, -0.15) is 5.10 Å². The van der Waals surface area contributed by atoms with E-state index in [1.165, 1.54) is 11.3 Å². The van der Waals surface area contributed by atoms with E-state index in [1.807, 2.05) is 41.9 Å². The molecule has 7 heteroatoms. The number of benzene rings is 2. The monoisotopic (exact) mass is 397 g/mol. The van der Waals surface area contributed by atoms with Crippen molar-refractivity contribution in [2.75, 3.05) is 5.32 Å². The lowest BCUT2D eigenvalue weighted by molar-refractivity contribution is 0.103. The van der Waals surface area contributed by atoms with E-state index in [0.29, 0.717) is 15.6 Å². The Balaban J connectivity index is 1.68. The molecule has 0 aliphatic heterocycles. The third kappa shape index (κ3) is 3.47. The molecule has 4 aromatic rings. The van der Waals surface area contributed by atoms with E-state index in [0.717, 1.165) is 27.2 Å². The Morgan fingerprint density at radius 1 is 1.22 bits per heavy atom. The summed E-state index contributed by atoms with van der Waals surface area (Å²) in [4.78, 5) is 14.2. The number of carbonyl (C=O) groups is 1. The molecule has 0 saturated carbocycles. The molecular weight excluding hydrogens is 382 g/mol. The number of amides is 1. The van der Waals surface area contributed by atoms with Gasteiger partial charge in [0, 0.05) is 16.1 Å². The van der Waals surface area contributed by atoms with E-state index in [1.54, 1.807) is 24.3 Å². The van der Waals surface area contributed by atoms with Gasteiger partial charge in [-0.05, 0) is 55.0 Å². The van der Waals surface area contributed by atoms with Crippen LogP contribution in [0.3, 0.4) is 0 Å². The highest BCUT2D eigenvalue weighted by Gasteiger charge is 2.17. The molecule has 0 spiro atoms. The summed E-state index contributed by atoms with van der Waals surface area (Å²) in [7, 11) is 0. The van der Waals surface area contributed by atoms with Crippen molar-refractivity contribution in [2.45, 2.75) is 13.5 Å². The maximum Gasteiger partial charge on any atom is 0.265 e.